The Hall–Kier alpha value is -2.02. The number of aromatic nitrogens is 2. The topological polar surface area (TPSA) is 75.6 Å². The van der Waals surface area contributed by atoms with E-state index in [0.29, 0.717) is 32.7 Å². The molecule has 0 saturated carbocycles. The highest BCUT2D eigenvalue weighted by Gasteiger charge is 2.27. The van der Waals surface area contributed by atoms with Gasteiger partial charge in [-0.1, -0.05) is 6.42 Å². The first kappa shape index (κ1) is 17.8. The van der Waals surface area contributed by atoms with Crippen LogP contribution in [0.3, 0.4) is 0 Å². The molecular weight excluding hydrogens is 320 g/mol. The Morgan fingerprint density at radius 2 is 2.20 bits per heavy atom. The molecule has 0 radical (unpaired) electrons. The van der Waals surface area contributed by atoms with Crippen LogP contribution in [0, 0.1) is 0 Å². The number of amides is 2. The third-order valence-corrected chi connectivity index (χ3v) is 4.85. The minimum Gasteiger partial charge on any atom is -0.375 e. The molecule has 1 atom stereocenters. The third kappa shape index (κ3) is 5.22. The van der Waals surface area contributed by atoms with Gasteiger partial charge in [0.25, 0.3) is 0 Å². The maximum Gasteiger partial charge on any atom is 0.242 e. The number of aryl methyl sites for hydroxylation is 1. The molecule has 2 aliphatic rings. The van der Waals surface area contributed by atoms with Crippen molar-refractivity contribution >= 4 is 11.8 Å². The number of hydrogen-bond acceptors (Lipinski definition) is 5. The lowest BCUT2D eigenvalue weighted by Gasteiger charge is -2.34. The summed E-state index contributed by atoms with van der Waals surface area (Å²) in [7, 11) is 0. The lowest BCUT2D eigenvalue weighted by atomic mass is 10.1. The molecule has 25 heavy (non-hydrogen) atoms. The monoisotopic (exact) mass is 346 g/mol. The Morgan fingerprint density at radius 3 is 3.04 bits per heavy atom. The number of likely N-dealkylation sites (tertiary alicyclic amines) is 1. The second-order valence-corrected chi connectivity index (χ2v) is 6.70. The van der Waals surface area contributed by atoms with Crippen molar-refractivity contribution in [2.75, 3.05) is 32.8 Å². The third-order valence-electron chi connectivity index (χ3n) is 4.85. The Morgan fingerprint density at radius 1 is 1.28 bits per heavy atom. The summed E-state index contributed by atoms with van der Waals surface area (Å²) in [6.07, 6.45) is 8.49. The SMILES string of the molecule is O=C1CCCCCN1CC(=O)N1CCO[C@@H](CCc2ccncn2)C1. The molecule has 3 rings (SSSR count). The van der Waals surface area contributed by atoms with Gasteiger partial charge in [-0.15, -0.1) is 0 Å². The van der Waals surface area contributed by atoms with Crippen molar-refractivity contribution in [3.05, 3.63) is 24.3 Å². The van der Waals surface area contributed by atoms with Gasteiger partial charge in [-0.25, -0.2) is 9.97 Å². The lowest BCUT2D eigenvalue weighted by Crippen LogP contribution is -2.50. The second kappa shape index (κ2) is 8.89. The van der Waals surface area contributed by atoms with Gasteiger partial charge in [0.1, 0.15) is 6.33 Å². The van der Waals surface area contributed by atoms with Crippen LogP contribution >= 0.6 is 0 Å². The van der Waals surface area contributed by atoms with Gasteiger partial charge in [-0.05, 0) is 31.7 Å². The van der Waals surface area contributed by atoms with Crippen molar-refractivity contribution in [3.8, 4) is 0 Å². The first-order valence-electron chi connectivity index (χ1n) is 9.14. The lowest BCUT2D eigenvalue weighted by molar-refractivity contribution is -0.145. The predicted octanol–water partition coefficient (Wildman–Crippen LogP) is 1.04. The minimum atomic E-state index is 0.0208. The number of hydrogen-bond donors (Lipinski definition) is 0. The van der Waals surface area contributed by atoms with Gasteiger partial charge in [0.15, 0.2) is 0 Å². The Kier molecular flexibility index (Phi) is 6.33. The number of morpholine rings is 1. The maximum absolute atomic E-state index is 12.6. The molecule has 0 spiro atoms. The largest absolute Gasteiger partial charge is 0.375 e. The minimum absolute atomic E-state index is 0.0208. The average Bonchev–Trinajstić information content (AvgIpc) is 2.85. The van der Waals surface area contributed by atoms with Crippen LogP contribution in [-0.4, -0.2) is 70.5 Å². The summed E-state index contributed by atoms with van der Waals surface area (Å²) in [6.45, 7) is 2.65. The fraction of sp³-hybridized carbons (Fsp3) is 0.667. The molecule has 3 heterocycles. The van der Waals surface area contributed by atoms with E-state index in [1.807, 2.05) is 11.0 Å². The average molecular weight is 346 g/mol. The van der Waals surface area contributed by atoms with Crippen LogP contribution in [0.25, 0.3) is 0 Å². The van der Waals surface area contributed by atoms with Crippen molar-refractivity contribution in [3.63, 3.8) is 0 Å². The van der Waals surface area contributed by atoms with Crippen molar-refractivity contribution in [1.29, 1.82) is 0 Å². The van der Waals surface area contributed by atoms with E-state index in [9.17, 15) is 9.59 Å². The molecule has 1 aromatic heterocycles. The van der Waals surface area contributed by atoms with Crippen molar-refractivity contribution < 1.29 is 14.3 Å². The number of ether oxygens (including phenoxy) is 1. The standard InChI is InChI=1S/C18H26N4O3/c23-17-4-2-1-3-9-21(17)13-18(24)22-10-11-25-16(12-22)6-5-15-7-8-19-14-20-15/h7-8,14,16H,1-6,9-13H2/t16-/m0/s1. The summed E-state index contributed by atoms with van der Waals surface area (Å²) in [6, 6.07) is 1.90. The fourth-order valence-electron chi connectivity index (χ4n) is 3.36. The van der Waals surface area contributed by atoms with E-state index in [-0.39, 0.29) is 24.5 Å². The Balaban J connectivity index is 1.48. The summed E-state index contributed by atoms with van der Waals surface area (Å²) < 4.78 is 5.79. The van der Waals surface area contributed by atoms with E-state index >= 15 is 0 Å². The molecule has 0 aliphatic carbocycles. The second-order valence-electron chi connectivity index (χ2n) is 6.70. The fourth-order valence-corrected chi connectivity index (χ4v) is 3.36. The highest BCUT2D eigenvalue weighted by molar-refractivity contribution is 5.85. The quantitative estimate of drug-likeness (QED) is 0.796. The van der Waals surface area contributed by atoms with Crippen LogP contribution in [0.1, 0.15) is 37.8 Å². The Bertz CT molecular complexity index is 581. The molecule has 2 fully saturated rings. The Labute approximate surface area is 148 Å². The number of carbonyl (C=O) groups is 2. The van der Waals surface area contributed by atoms with Gasteiger partial charge in [0.2, 0.25) is 11.8 Å². The van der Waals surface area contributed by atoms with Crippen LogP contribution in [0.5, 0.6) is 0 Å². The van der Waals surface area contributed by atoms with Crippen molar-refractivity contribution in [1.82, 2.24) is 19.8 Å². The highest BCUT2D eigenvalue weighted by atomic mass is 16.5. The molecule has 2 amide bonds. The van der Waals surface area contributed by atoms with E-state index in [0.717, 1.165) is 37.8 Å². The summed E-state index contributed by atoms with van der Waals surface area (Å²) in [5.74, 6) is 0.144. The van der Waals surface area contributed by atoms with Gasteiger partial charge < -0.3 is 14.5 Å². The zero-order valence-electron chi connectivity index (χ0n) is 14.6. The smallest absolute Gasteiger partial charge is 0.242 e. The van der Waals surface area contributed by atoms with E-state index in [4.69, 9.17) is 4.74 Å². The molecule has 0 unspecified atom stereocenters. The number of nitrogens with zero attached hydrogens (tertiary/aromatic N) is 4. The summed E-state index contributed by atoms with van der Waals surface area (Å²) in [5.41, 5.74) is 0.984. The molecular formula is C18H26N4O3. The molecule has 136 valence electrons. The van der Waals surface area contributed by atoms with E-state index < -0.39 is 0 Å². The first-order chi connectivity index (χ1) is 12.2. The van der Waals surface area contributed by atoms with E-state index in [1.165, 1.54) is 0 Å². The predicted molar refractivity (Wildman–Crippen MR) is 91.7 cm³/mol. The number of rotatable bonds is 5. The molecule has 1 aromatic rings. The zero-order valence-corrected chi connectivity index (χ0v) is 14.6. The van der Waals surface area contributed by atoms with Crippen LogP contribution in [0.2, 0.25) is 0 Å². The molecule has 0 N–H and O–H groups in total. The van der Waals surface area contributed by atoms with Crippen LogP contribution in [0.4, 0.5) is 0 Å². The molecule has 2 saturated heterocycles. The molecule has 2 aliphatic heterocycles. The molecule has 7 heteroatoms. The van der Waals surface area contributed by atoms with Gasteiger partial charge in [0.05, 0.1) is 19.3 Å². The molecule has 0 aromatic carbocycles. The zero-order chi connectivity index (χ0) is 17.5. The number of carbonyl (C=O) groups excluding carboxylic acids is 2. The summed E-state index contributed by atoms with van der Waals surface area (Å²) >= 11 is 0. The highest BCUT2D eigenvalue weighted by Crippen LogP contribution is 2.14. The normalized spacial score (nSPS) is 21.9. The van der Waals surface area contributed by atoms with Crippen LogP contribution in [0.15, 0.2) is 18.6 Å². The van der Waals surface area contributed by atoms with Crippen LogP contribution in [-0.2, 0) is 20.7 Å². The van der Waals surface area contributed by atoms with E-state index in [2.05, 4.69) is 9.97 Å². The summed E-state index contributed by atoms with van der Waals surface area (Å²) in [5, 5.41) is 0. The van der Waals surface area contributed by atoms with Gasteiger partial charge in [-0.2, -0.15) is 0 Å². The van der Waals surface area contributed by atoms with E-state index in [1.54, 1.807) is 17.4 Å². The maximum atomic E-state index is 12.6. The molecule has 7 nitrogen and oxygen atoms in total. The van der Waals surface area contributed by atoms with Crippen LogP contribution < -0.4 is 0 Å². The van der Waals surface area contributed by atoms with Gasteiger partial charge in [-0.3, -0.25) is 9.59 Å². The molecule has 0 bridgehead atoms. The van der Waals surface area contributed by atoms with Crippen molar-refractivity contribution in [2.24, 2.45) is 0 Å². The summed E-state index contributed by atoms with van der Waals surface area (Å²) in [4.78, 5) is 36.4. The van der Waals surface area contributed by atoms with Gasteiger partial charge in [0, 0.05) is 37.9 Å². The first-order valence-corrected chi connectivity index (χ1v) is 9.14. The van der Waals surface area contributed by atoms with Gasteiger partial charge >= 0.3 is 0 Å². The van der Waals surface area contributed by atoms with Crippen molar-refractivity contribution in [2.45, 2.75) is 44.6 Å².